The van der Waals surface area contributed by atoms with Crippen LogP contribution in [0.2, 0.25) is 0 Å². The quantitative estimate of drug-likeness (QED) is 0.164. The van der Waals surface area contributed by atoms with Gasteiger partial charge in [-0.15, -0.1) is 0 Å². The Bertz CT molecular complexity index is 3890. The third-order valence-corrected chi connectivity index (χ3v) is 18.2. The Morgan fingerprint density at radius 3 is 1.81 bits per heavy atom. The van der Waals surface area contributed by atoms with Gasteiger partial charge in [0.2, 0.25) is 0 Å². The lowest BCUT2D eigenvalue weighted by Gasteiger charge is -2.61. The number of rotatable bonds is 4. The predicted octanol–water partition coefficient (Wildman–Crippen LogP) is 17.6. The van der Waals surface area contributed by atoms with Crippen LogP contribution < -0.4 is 4.90 Å². The minimum Gasteiger partial charge on any atom is -0.456 e. The van der Waals surface area contributed by atoms with Gasteiger partial charge in [0.15, 0.2) is 0 Å². The number of hydrogen-bond donors (Lipinski definition) is 0. The Hall–Kier alpha value is -7.16. The molecule has 0 aliphatic heterocycles. The van der Waals surface area contributed by atoms with Crippen LogP contribution in [0, 0.1) is 23.7 Å². The van der Waals surface area contributed by atoms with Crippen LogP contribution in [0.25, 0.3) is 87.6 Å². The molecule has 320 valence electrons. The number of para-hydroxylation sites is 1. The van der Waals surface area contributed by atoms with E-state index in [0.717, 1.165) is 39.5 Å². The minimum absolute atomic E-state index is 0.00517. The number of nitrogens with zero attached hydrogens (tertiary/aromatic N) is 1. The number of hydrogen-bond acceptors (Lipinski definition) is 2. The lowest BCUT2D eigenvalue weighted by molar-refractivity contribution is -0.0399. The standard InChI is InChI=1S/C65H49NO/c1-64(2)55-15-6-3-12-47(55)49-26-22-44(33-57(49)64)66(45-23-27-51-50-14-5-8-17-60(50)67-61(51)34-45)59-36-58-53(48-13-4-7-16-56(48)65(58)42-29-37-28-38(31-42)32-43(65)30-37)35-54(59)46-24-20-41-19-18-39-10-9-11-40-21-25-52(46)63(41)62(39)40/h3-27,33-38,42-43H,28-32H2,1-2H3. The molecule has 6 aliphatic rings. The highest BCUT2D eigenvalue weighted by atomic mass is 16.3. The Kier molecular flexibility index (Phi) is 7.09. The van der Waals surface area contributed by atoms with Gasteiger partial charge in [0.05, 0.1) is 5.69 Å². The third kappa shape index (κ3) is 4.71. The largest absolute Gasteiger partial charge is 0.456 e. The molecule has 6 aliphatic carbocycles. The van der Waals surface area contributed by atoms with Crippen LogP contribution in [0.5, 0.6) is 0 Å². The van der Waals surface area contributed by atoms with Crippen molar-refractivity contribution in [3.63, 3.8) is 0 Å². The topological polar surface area (TPSA) is 16.4 Å². The van der Waals surface area contributed by atoms with Gasteiger partial charge >= 0.3 is 0 Å². The van der Waals surface area contributed by atoms with E-state index in [0.29, 0.717) is 11.8 Å². The van der Waals surface area contributed by atoms with Crippen molar-refractivity contribution < 1.29 is 4.42 Å². The fourth-order valence-electron chi connectivity index (χ4n) is 15.7. The van der Waals surface area contributed by atoms with Crippen LogP contribution in [0.1, 0.15) is 68.2 Å². The average molecular weight is 860 g/mol. The molecule has 4 saturated carbocycles. The molecule has 1 heterocycles. The van der Waals surface area contributed by atoms with Crippen molar-refractivity contribution in [3.05, 3.63) is 198 Å². The van der Waals surface area contributed by atoms with E-state index in [2.05, 4.69) is 195 Å². The molecule has 11 aromatic rings. The molecule has 0 radical (unpaired) electrons. The Morgan fingerprint density at radius 1 is 0.403 bits per heavy atom. The van der Waals surface area contributed by atoms with Crippen molar-refractivity contribution in [1.29, 1.82) is 0 Å². The summed E-state index contributed by atoms with van der Waals surface area (Å²) in [6.07, 6.45) is 6.83. The van der Waals surface area contributed by atoms with E-state index < -0.39 is 0 Å². The predicted molar refractivity (Wildman–Crippen MR) is 278 cm³/mol. The van der Waals surface area contributed by atoms with Gasteiger partial charge in [-0.05, 0) is 181 Å². The molecular weight excluding hydrogens is 811 g/mol. The summed E-state index contributed by atoms with van der Waals surface area (Å²) in [7, 11) is 0. The van der Waals surface area contributed by atoms with Gasteiger partial charge in [-0.3, -0.25) is 0 Å². The van der Waals surface area contributed by atoms with E-state index in [9.17, 15) is 0 Å². The van der Waals surface area contributed by atoms with Crippen molar-refractivity contribution in [3.8, 4) is 33.4 Å². The zero-order valence-corrected chi connectivity index (χ0v) is 37.9. The van der Waals surface area contributed by atoms with Gasteiger partial charge in [0.1, 0.15) is 11.2 Å². The van der Waals surface area contributed by atoms with Crippen LogP contribution in [0.4, 0.5) is 17.1 Å². The molecule has 4 fully saturated rings. The molecule has 67 heavy (non-hydrogen) atoms. The van der Waals surface area contributed by atoms with E-state index in [4.69, 9.17) is 4.42 Å². The number of benzene rings is 10. The minimum atomic E-state index is -0.158. The van der Waals surface area contributed by atoms with Gasteiger partial charge in [0, 0.05) is 44.6 Å². The first-order valence-electron chi connectivity index (χ1n) is 24.8. The van der Waals surface area contributed by atoms with Crippen LogP contribution in [-0.2, 0) is 10.8 Å². The fourth-order valence-corrected chi connectivity index (χ4v) is 15.7. The summed E-state index contributed by atoms with van der Waals surface area (Å²) >= 11 is 0. The zero-order valence-electron chi connectivity index (χ0n) is 37.9. The molecule has 0 amide bonds. The smallest absolute Gasteiger partial charge is 0.137 e. The molecule has 0 unspecified atom stereocenters. The summed E-state index contributed by atoms with van der Waals surface area (Å²) in [5.41, 5.74) is 19.2. The molecule has 1 spiro atoms. The van der Waals surface area contributed by atoms with Crippen molar-refractivity contribution in [2.45, 2.75) is 56.8 Å². The second-order valence-corrected chi connectivity index (χ2v) is 21.6. The molecule has 1 aromatic heterocycles. The molecule has 0 saturated heterocycles. The number of anilines is 3. The second kappa shape index (κ2) is 12.8. The maximum Gasteiger partial charge on any atom is 0.137 e. The average Bonchev–Trinajstić information content (AvgIpc) is 3.95. The highest BCUT2D eigenvalue weighted by Gasteiger charge is 2.61. The van der Waals surface area contributed by atoms with E-state index in [1.165, 1.54) is 120 Å². The van der Waals surface area contributed by atoms with E-state index in [1.807, 2.05) is 0 Å². The monoisotopic (exact) mass is 859 g/mol. The molecule has 17 rings (SSSR count). The SMILES string of the molecule is CC1(C)c2ccccc2-c2ccc(N(c3ccc4c(c3)oc3ccccc34)c3cc4c(cc3-c3ccc5ccc6cccc7ccc3c5c67)-c3ccccc3C43C4CC5CC(C4)CC3C5)cc21. The summed E-state index contributed by atoms with van der Waals surface area (Å²) in [5.74, 6) is 3.04. The van der Waals surface area contributed by atoms with Gasteiger partial charge in [-0.25, -0.2) is 0 Å². The Morgan fingerprint density at radius 2 is 1.00 bits per heavy atom. The molecule has 0 N–H and O–H groups in total. The first-order valence-corrected chi connectivity index (χ1v) is 24.8. The summed E-state index contributed by atoms with van der Waals surface area (Å²) in [5, 5.41) is 10.2. The molecule has 10 aromatic carbocycles. The number of furan rings is 1. The van der Waals surface area contributed by atoms with Crippen LogP contribution in [-0.4, -0.2) is 0 Å². The van der Waals surface area contributed by atoms with E-state index >= 15 is 0 Å². The lowest BCUT2D eigenvalue weighted by atomic mass is 9.43. The van der Waals surface area contributed by atoms with Crippen molar-refractivity contribution in [1.82, 2.24) is 0 Å². The molecular formula is C65H49NO. The summed E-state index contributed by atoms with van der Waals surface area (Å²) in [4.78, 5) is 2.62. The van der Waals surface area contributed by atoms with E-state index in [1.54, 1.807) is 11.1 Å². The summed E-state index contributed by atoms with van der Waals surface area (Å²) in [6, 6.07) is 67.7. The van der Waals surface area contributed by atoms with Crippen LogP contribution in [0.3, 0.4) is 0 Å². The lowest BCUT2D eigenvalue weighted by Crippen LogP contribution is -2.55. The molecule has 4 bridgehead atoms. The molecule has 0 atom stereocenters. The number of fused-ring (bicyclic) bond motifs is 9. The van der Waals surface area contributed by atoms with Crippen molar-refractivity contribution in [2.75, 3.05) is 4.90 Å². The van der Waals surface area contributed by atoms with Crippen LogP contribution in [0.15, 0.2) is 180 Å². The van der Waals surface area contributed by atoms with Crippen LogP contribution >= 0.6 is 0 Å². The summed E-state index contributed by atoms with van der Waals surface area (Å²) in [6.45, 7) is 4.82. The Labute approximate surface area is 390 Å². The van der Waals surface area contributed by atoms with Gasteiger partial charge in [-0.2, -0.15) is 0 Å². The maximum atomic E-state index is 6.75. The second-order valence-electron chi connectivity index (χ2n) is 21.6. The summed E-state index contributed by atoms with van der Waals surface area (Å²) < 4.78 is 6.75. The highest BCUT2D eigenvalue weighted by Crippen LogP contribution is 2.70. The fraction of sp³-hybridized carbons (Fsp3) is 0.200. The van der Waals surface area contributed by atoms with Gasteiger partial charge in [0.25, 0.3) is 0 Å². The van der Waals surface area contributed by atoms with Crippen molar-refractivity contribution >= 4 is 71.3 Å². The highest BCUT2D eigenvalue weighted by molar-refractivity contribution is 6.26. The van der Waals surface area contributed by atoms with Gasteiger partial charge < -0.3 is 9.32 Å². The first kappa shape index (κ1) is 37.0. The third-order valence-electron chi connectivity index (χ3n) is 18.2. The Balaban J connectivity index is 1.03. The maximum absolute atomic E-state index is 6.75. The first-order chi connectivity index (χ1) is 32.9. The van der Waals surface area contributed by atoms with Crippen molar-refractivity contribution in [2.24, 2.45) is 23.7 Å². The zero-order chi connectivity index (χ0) is 43.9. The molecule has 2 heteroatoms. The normalized spacial score (nSPS) is 22.7. The molecule has 2 nitrogen and oxygen atoms in total. The van der Waals surface area contributed by atoms with Gasteiger partial charge in [-0.1, -0.05) is 141 Å². The van der Waals surface area contributed by atoms with E-state index in [-0.39, 0.29) is 10.8 Å².